The number of nitrogens with one attached hydrogen (secondary N) is 1. The van der Waals surface area contributed by atoms with E-state index in [2.05, 4.69) is 25.4 Å². The van der Waals surface area contributed by atoms with Crippen molar-refractivity contribution in [3.63, 3.8) is 0 Å². The highest BCUT2D eigenvalue weighted by Gasteiger charge is 2.18. The molecule has 2 aromatic carbocycles. The second kappa shape index (κ2) is 8.83. The van der Waals surface area contributed by atoms with Gasteiger partial charge in [-0.05, 0) is 37.3 Å². The van der Waals surface area contributed by atoms with Crippen molar-refractivity contribution in [1.29, 1.82) is 0 Å². The number of hydrogen-bond donors (Lipinski definition) is 1. The zero-order chi connectivity index (χ0) is 22.8. The summed E-state index contributed by atoms with van der Waals surface area (Å²) in [5.41, 5.74) is 2.55. The average Bonchev–Trinajstić information content (AvgIpc) is 3.49. The highest BCUT2D eigenvalue weighted by molar-refractivity contribution is 7.09. The Labute approximate surface area is 193 Å². The Morgan fingerprint density at radius 2 is 2.12 bits per heavy atom. The van der Waals surface area contributed by atoms with Gasteiger partial charge >= 0.3 is 5.97 Å². The summed E-state index contributed by atoms with van der Waals surface area (Å²) in [5, 5.41) is 12.5. The lowest BCUT2D eigenvalue weighted by Gasteiger charge is -2.16. The van der Waals surface area contributed by atoms with Crippen molar-refractivity contribution in [2.45, 2.75) is 19.6 Å². The number of carbonyl (C=O) groups excluding carboxylic acids is 1. The van der Waals surface area contributed by atoms with Crippen LogP contribution in [-0.2, 0) is 16.1 Å². The van der Waals surface area contributed by atoms with Crippen LogP contribution < -0.4 is 10.1 Å². The van der Waals surface area contributed by atoms with Crippen molar-refractivity contribution in [2.24, 2.45) is 0 Å². The third-order valence-corrected chi connectivity index (χ3v) is 5.90. The highest BCUT2D eigenvalue weighted by atomic mass is 32.1. The van der Waals surface area contributed by atoms with E-state index in [-0.39, 0.29) is 0 Å². The monoisotopic (exact) mass is 460 g/mol. The van der Waals surface area contributed by atoms with Gasteiger partial charge in [-0.15, -0.1) is 11.3 Å². The number of hydrogen-bond acceptors (Lipinski definition) is 9. The van der Waals surface area contributed by atoms with Gasteiger partial charge in [-0.25, -0.2) is 19.7 Å². The van der Waals surface area contributed by atoms with Crippen LogP contribution in [-0.4, -0.2) is 43.9 Å². The quantitative estimate of drug-likeness (QED) is 0.361. The Morgan fingerprint density at radius 1 is 1.21 bits per heavy atom. The highest BCUT2D eigenvalue weighted by Crippen LogP contribution is 2.33. The summed E-state index contributed by atoms with van der Waals surface area (Å²) in [6.07, 6.45) is 4.35. The Bertz CT molecular complexity index is 1430. The van der Waals surface area contributed by atoms with Gasteiger partial charge in [0.25, 0.3) is 0 Å². The van der Waals surface area contributed by atoms with E-state index in [1.54, 1.807) is 30.5 Å². The van der Waals surface area contributed by atoms with Crippen molar-refractivity contribution in [3.8, 4) is 5.75 Å². The van der Waals surface area contributed by atoms with Crippen molar-refractivity contribution in [3.05, 3.63) is 65.5 Å². The fourth-order valence-corrected chi connectivity index (χ4v) is 4.16. The molecule has 166 valence electrons. The van der Waals surface area contributed by atoms with E-state index in [0.717, 1.165) is 21.6 Å². The summed E-state index contributed by atoms with van der Waals surface area (Å²) < 4.78 is 12.6. The molecule has 0 aliphatic carbocycles. The van der Waals surface area contributed by atoms with Crippen LogP contribution in [0.25, 0.3) is 21.8 Å². The van der Waals surface area contributed by atoms with Gasteiger partial charge in [0.2, 0.25) is 0 Å². The maximum absolute atomic E-state index is 11.8. The molecule has 0 saturated carbocycles. The molecular weight excluding hydrogens is 440 g/mol. The lowest BCUT2D eigenvalue weighted by molar-refractivity contribution is -0.147. The molecule has 33 heavy (non-hydrogen) atoms. The molecule has 3 heterocycles. The molecule has 0 spiro atoms. The Balaban J connectivity index is 1.46. The van der Waals surface area contributed by atoms with E-state index < -0.39 is 12.1 Å². The van der Waals surface area contributed by atoms with Crippen molar-refractivity contribution in [2.75, 3.05) is 12.4 Å². The van der Waals surface area contributed by atoms with Crippen LogP contribution in [0.3, 0.4) is 0 Å². The second-order valence-corrected chi connectivity index (χ2v) is 8.26. The SMILES string of the molecule is COC(=O)[C@H](C)Oc1cccc2ncnc(Nc3ccc4c(cnn4Cc4nccs4)c3)c12. The molecule has 5 aromatic rings. The summed E-state index contributed by atoms with van der Waals surface area (Å²) in [5.74, 6) is 0.603. The molecule has 0 radical (unpaired) electrons. The molecule has 5 rings (SSSR count). The summed E-state index contributed by atoms with van der Waals surface area (Å²) in [7, 11) is 1.33. The Kier molecular flexibility index (Phi) is 5.57. The predicted molar refractivity (Wildman–Crippen MR) is 126 cm³/mol. The molecule has 0 aliphatic rings. The lowest BCUT2D eigenvalue weighted by atomic mass is 10.2. The molecule has 1 N–H and O–H groups in total. The van der Waals surface area contributed by atoms with E-state index in [0.29, 0.717) is 29.0 Å². The molecule has 1 atom stereocenters. The van der Waals surface area contributed by atoms with Gasteiger partial charge in [-0.1, -0.05) is 6.07 Å². The summed E-state index contributed by atoms with van der Waals surface area (Å²) in [6.45, 7) is 2.27. The fraction of sp³-hybridized carbons (Fsp3) is 0.174. The maximum atomic E-state index is 11.8. The second-order valence-electron chi connectivity index (χ2n) is 7.28. The number of fused-ring (bicyclic) bond motifs is 2. The molecule has 10 heteroatoms. The number of anilines is 2. The van der Waals surface area contributed by atoms with Gasteiger partial charge in [0.05, 0.1) is 36.3 Å². The first-order chi connectivity index (χ1) is 16.1. The topological polar surface area (TPSA) is 104 Å². The van der Waals surface area contributed by atoms with Gasteiger partial charge in [0, 0.05) is 22.7 Å². The molecule has 0 amide bonds. The fourth-order valence-electron chi connectivity index (χ4n) is 3.56. The van der Waals surface area contributed by atoms with E-state index in [1.165, 1.54) is 13.4 Å². The molecule has 0 unspecified atom stereocenters. The lowest BCUT2D eigenvalue weighted by Crippen LogP contribution is -2.25. The van der Waals surface area contributed by atoms with Crippen LogP contribution in [0.4, 0.5) is 11.5 Å². The van der Waals surface area contributed by atoms with Gasteiger partial charge < -0.3 is 14.8 Å². The minimum absolute atomic E-state index is 0.460. The molecule has 9 nitrogen and oxygen atoms in total. The smallest absolute Gasteiger partial charge is 0.346 e. The van der Waals surface area contributed by atoms with E-state index in [1.807, 2.05) is 46.6 Å². The largest absolute Gasteiger partial charge is 0.478 e. The normalized spacial score (nSPS) is 12.1. The zero-order valence-corrected chi connectivity index (χ0v) is 18.7. The van der Waals surface area contributed by atoms with Gasteiger partial charge in [0.1, 0.15) is 22.9 Å². The van der Waals surface area contributed by atoms with Gasteiger partial charge in [-0.2, -0.15) is 5.10 Å². The van der Waals surface area contributed by atoms with Crippen LogP contribution in [0, 0.1) is 0 Å². The van der Waals surface area contributed by atoms with E-state index in [9.17, 15) is 4.79 Å². The number of benzene rings is 2. The minimum Gasteiger partial charge on any atom is -0.478 e. The Morgan fingerprint density at radius 3 is 2.94 bits per heavy atom. The molecule has 0 aliphatic heterocycles. The van der Waals surface area contributed by atoms with E-state index >= 15 is 0 Å². The maximum Gasteiger partial charge on any atom is 0.346 e. The molecule has 0 saturated heterocycles. The summed E-state index contributed by atoms with van der Waals surface area (Å²) >= 11 is 1.61. The average molecular weight is 461 g/mol. The third kappa shape index (κ3) is 4.20. The number of ether oxygens (including phenoxy) is 2. The number of carbonyl (C=O) groups is 1. The zero-order valence-electron chi connectivity index (χ0n) is 17.9. The third-order valence-electron chi connectivity index (χ3n) is 5.13. The van der Waals surface area contributed by atoms with Crippen molar-refractivity contribution >= 4 is 50.6 Å². The number of thiazole rings is 1. The number of nitrogens with zero attached hydrogens (tertiary/aromatic N) is 5. The first-order valence-electron chi connectivity index (χ1n) is 10.2. The van der Waals surface area contributed by atoms with Crippen LogP contribution in [0.1, 0.15) is 11.9 Å². The van der Waals surface area contributed by atoms with Gasteiger partial charge in [0.15, 0.2) is 6.10 Å². The number of rotatable bonds is 7. The first-order valence-corrected chi connectivity index (χ1v) is 11.1. The molecular formula is C23H20N6O3S. The standard InChI is InChI=1S/C23H20N6O3S/c1-14(23(30)31-2)32-19-5-3-4-17-21(19)22(26-13-25-17)28-16-6-7-18-15(10-16)11-27-29(18)12-20-24-8-9-33-20/h3-11,13-14H,12H2,1-2H3,(H,25,26,28)/t14-/m0/s1. The van der Waals surface area contributed by atoms with Crippen LogP contribution in [0.2, 0.25) is 0 Å². The summed E-state index contributed by atoms with van der Waals surface area (Å²) in [6, 6.07) is 11.5. The molecule has 3 aromatic heterocycles. The minimum atomic E-state index is -0.770. The van der Waals surface area contributed by atoms with Crippen LogP contribution in [0.5, 0.6) is 5.75 Å². The van der Waals surface area contributed by atoms with E-state index in [4.69, 9.17) is 9.47 Å². The number of aromatic nitrogens is 5. The van der Waals surface area contributed by atoms with Gasteiger partial charge in [-0.3, -0.25) is 4.68 Å². The van der Waals surface area contributed by atoms with Crippen molar-refractivity contribution in [1.82, 2.24) is 24.7 Å². The van der Waals surface area contributed by atoms with Crippen LogP contribution in [0.15, 0.2) is 60.5 Å². The molecule has 0 bridgehead atoms. The first kappa shape index (κ1) is 20.8. The predicted octanol–water partition coefficient (Wildman–Crippen LogP) is 4.17. The number of esters is 1. The van der Waals surface area contributed by atoms with Crippen LogP contribution >= 0.6 is 11.3 Å². The van der Waals surface area contributed by atoms with Crippen molar-refractivity contribution < 1.29 is 14.3 Å². The summed E-state index contributed by atoms with van der Waals surface area (Å²) in [4.78, 5) is 24.9. The Hall–Kier alpha value is -4.05. The number of methoxy groups -OCH3 is 1. The molecule has 0 fully saturated rings.